The molecule has 0 aromatic carbocycles. The zero-order valence-electron chi connectivity index (χ0n) is 14.5. The number of hydrogen-bond donors (Lipinski definition) is 1. The first-order valence-electron chi connectivity index (χ1n) is 6.75. The molecule has 4 nitrogen and oxygen atoms in total. The molecule has 0 amide bonds. The second-order valence-corrected chi connectivity index (χ2v) is 10.9. The van der Waals surface area contributed by atoms with Crippen LogP contribution in [-0.4, -0.2) is 63.0 Å². The Morgan fingerprint density at radius 3 is 1.00 bits per heavy atom. The standard InChI is InChI=1S/C9HF20IO4S/c10-1(11,3(14,15)5(18,19)7(22,23)24)2(12,13)4(16,17)6(20,21)8(25,26)30(31)34-35(32,33)9(27,28)29/h31H. The maximum atomic E-state index is 13.4. The summed E-state index contributed by atoms with van der Waals surface area (Å²) in [7, 11) is -7.63. The van der Waals surface area contributed by atoms with E-state index in [0.29, 0.717) is 0 Å². The van der Waals surface area contributed by atoms with E-state index in [1.54, 1.807) is 0 Å². The van der Waals surface area contributed by atoms with Crippen molar-refractivity contribution in [1.82, 2.24) is 0 Å². The molecule has 0 heterocycles. The van der Waals surface area contributed by atoms with E-state index in [1.165, 1.54) is 0 Å². The Hall–Kier alpha value is -0.800. The zero-order valence-corrected chi connectivity index (χ0v) is 17.5. The molecule has 0 fully saturated rings. The summed E-state index contributed by atoms with van der Waals surface area (Å²) in [5.41, 5.74) is -6.90. The molecule has 0 atom stereocenters. The van der Waals surface area contributed by atoms with E-state index in [2.05, 4.69) is 2.51 Å². The van der Waals surface area contributed by atoms with Crippen LogP contribution in [0.1, 0.15) is 0 Å². The van der Waals surface area contributed by atoms with E-state index < -0.39 is 81.9 Å². The summed E-state index contributed by atoms with van der Waals surface area (Å²) in [5, 5.41) is 0. The minimum atomic E-state index is -9.05. The topological polar surface area (TPSA) is 63.6 Å². The Bertz CT molecular complexity index is 887. The molecule has 0 unspecified atom stereocenters. The van der Waals surface area contributed by atoms with Gasteiger partial charge in [-0.25, -0.2) is 0 Å². The van der Waals surface area contributed by atoms with E-state index in [0.717, 1.165) is 0 Å². The number of hydrogen-bond acceptors (Lipinski definition) is 4. The molecular weight excluding hydrogens is 711 g/mol. The molecule has 35 heavy (non-hydrogen) atoms. The molecule has 0 radical (unpaired) electrons. The van der Waals surface area contributed by atoms with Crippen molar-refractivity contribution in [2.24, 2.45) is 0 Å². The molecule has 0 rings (SSSR count). The van der Waals surface area contributed by atoms with Crippen molar-refractivity contribution < 1.29 is 102 Å². The van der Waals surface area contributed by atoms with E-state index in [1.807, 2.05) is 0 Å². The fraction of sp³-hybridized carbons (Fsp3) is 1.00. The quantitative estimate of drug-likeness (QED) is 0.135. The van der Waals surface area contributed by atoms with Crippen molar-refractivity contribution in [2.75, 3.05) is 0 Å². The average Bonchev–Trinajstić information content (AvgIpc) is 2.58. The van der Waals surface area contributed by atoms with Gasteiger partial charge >= 0.3 is 184 Å². The van der Waals surface area contributed by atoms with Gasteiger partial charge in [0.25, 0.3) is 0 Å². The molecule has 0 aromatic rings. The third kappa shape index (κ3) is 4.78. The second-order valence-electron chi connectivity index (χ2n) is 5.64. The van der Waals surface area contributed by atoms with Gasteiger partial charge < -0.3 is 0 Å². The van der Waals surface area contributed by atoms with Crippen molar-refractivity contribution in [1.29, 1.82) is 0 Å². The fourth-order valence-corrected chi connectivity index (χ4v) is 5.26. The number of halogens is 21. The third-order valence-corrected chi connectivity index (χ3v) is 8.44. The molecule has 26 heteroatoms. The Morgan fingerprint density at radius 1 is 0.486 bits per heavy atom. The van der Waals surface area contributed by atoms with Crippen LogP contribution < -0.4 is 0 Å². The van der Waals surface area contributed by atoms with E-state index in [9.17, 15) is 96.2 Å². The van der Waals surface area contributed by atoms with Crippen LogP contribution in [0.15, 0.2) is 0 Å². The van der Waals surface area contributed by atoms with Gasteiger partial charge in [-0.2, -0.15) is 0 Å². The first-order chi connectivity index (χ1) is 14.6. The second kappa shape index (κ2) is 8.62. The van der Waals surface area contributed by atoms with Crippen LogP contribution in [0.5, 0.6) is 0 Å². The van der Waals surface area contributed by atoms with E-state index in [-0.39, 0.29) is 0 Å². The Kier molecular flexibility index (Phi) is 8.42. The van der Waals surface area contributed by atoms with Crippen molar-refractivity contribution in [2.45, 2.75) is 51.1 Å². The van der Waals surface area contributed by atoms with Gasteiger partial charge in [-0.1, -0.05) is 0 Å². The van der Waals surface area contributed by atoms with Crippen LogP contribution >= 0.6 is 20.6 Å². The summed E-state index contributed by atoms with van der Waals surface area (Å²) in [4.78, 5) is 0. The number of rotatable bonds is 9. The Morgan fingerprint density at radius 2 is 0.743 bits per heavy atom. The summed E-state index contributed by atoms with van der Waals surface area (Å²) in [6.07, 6.45) is -7.98. The Balaban J connectivity index is 6.80. The predicted octanol–water partition coefficient (Wildman–Crippen LogP) is 6.15. The molecule has 214 valence electrons. The molecular formula is C9HF20IO4S. The first-order valence-corrected chi connectivity index (χ1v) is 11.1. The van der Waals surface area contributed by atoms with Crippen LogP contribution in [-0.2, 0) is 12.6 Å². The summed E-state index contributed by atoms with van der Waals surface area (Å²) in [5.74, 6) is -52.8. The van der Waals surface area contributed by atoms with Gasteiger partial charge in [-0.3, -0.25) is 0 Å². The minimum absolute atomic E-state index is 2.06. The van der Waals surface area contributed by atoms with Crippen molar-refractivity contribution in [3.63, 3.8) is 0 Å². The molecule has 0 spiro atoms. The maximum absolute atomic E-state index is 13.4. The first kappa shape index (κ1) is 34.2. The van der Waals surface area contributed by atoms with Gasteiger partial charge in [0.05, 0.1) is 0 Å². The average molecular weight is 712 g/mol. The van der Waals surface area contributed by atoms with Crippen LogP contribution in [0.25, 0.3) is 0 Å². The predicted molar refractivity (Wildman–Crippen MR) is 73.0 cm³/mol. The zero-order chi connectivity index (χ0) is 29.3. The van der Waals surface area contributed by atoms with Crippen LogP contribution in [0.4, 0.5) is 87.8 Å². The van der Waals surface area contributed by atoms with E-state index >= 15 is 0 Å². The molecule has 0 aliphatic rings. The molecule has 0 saturated heterocycles. The fourth-order valence-electron chi connectivity index (χ4n) is 1.40. The van der Waals surface area contributed by atoms with Gasteiger partial charge in [0.15, 0.2) is 0 Å². The summed E-state index contributed by atoms with van der Waals surface area (Å²) in [6.45, 7) is 0. The van der Waals surface area contributed by atoms with Crippen LogP contribution in [0.2, 0.25) is 0 Å². The van der Waals surface area contributed by atoms with Gasteiger partial charge in [0, 0.05) is 0 Å². The van der Waals surface area contributed by atoms with Crippen molar-refractivity contribution >= 4 is 30.8 Å². The molecule has 0 aliphatic heterocycles. The molecule has 0 saturated carbocycles. The van der Waals surface area contributed by atoms with Crippen molar-refractivity contribution in [3.05, 3.63) is 0 Å². The van der Waals surface area contributed by atoms with Gasteiger partial charge in [-0.05, 0) is 0 Å². The molecule has 0 aliphatic carbocycles. The summed E-state index contributed by atoms with van der Waals surface area (Å²) < 4.78 is 279. The van der Waals surface area contributed by atoms with Crippen LogP contribution in [0, 0.1) is 0 Å². The van der Waals surface area contributed by atoms with Gasteiger partial charge in [-0.15, -0.1) is 0 Å². The van der Waals surface area contributed by atoms with Crippen molar-refractivity contribution in [3.8, 4) is 0 Å². The van der Waals surface area contributed by atoms with E-state index in [4.69, 9.17) is 3.44 Å². The molecule has 0 aromatic heterocycles. The normalized spacial score (nSPS) is 17.0. The third-order valence-electron chi connectivity index (χ3n) is 3.31. The van der Waals surface area contributed by atoms with Gasteiger partial charge in [0.2, 0.25) is 0 Å². The Labute approximate surface area is 184 Å². The monoisotopic (exact) mass is 712 g/mol. The van der Waals surface area contributed by atoms with Crippen LogP contribution in [0.3, 0.4) is 0 Å². The molecule has 1 N–H and O–H groups in total. The summed E-state index contributed by atoms with van der Waals surface area (Å²) >= 11 is -7.77. The number of alkyl halides is 21. The molecule has 0 bridgehead atoms. The SMILES string of the molecule is O=S(=O)(OI(O)C(F)(F)C(F)(F)C(F)(F)C(F)(F)C(F)(F)C(F)(F)C(F)(F)C(F)(F)F)C(F)(F)F. The van der Waals surface area contributed by atoms with Gasteiger partial charge in [0.1, 0.15) is 0 Å². The summed E-state index contributed by atoms with van der Waals surface area (Å²) in [6, 6.07) is 0.